The van der Waals surface area contributed by atoms with Gasteiger partial charge in [-0.15, -0.1) is 0 Å². The summed E-state index contributed by atoms with van der Waals surface area (Å²) in [4.78, 5) is 17.0. The molecule has 8 heteroatoms. The van der Waals surface area contributed by atoms with Crippen molar-refractivity contribution >= 4 is 45.8 Å². The topological polar surface area (TPSA) is 87.1 Å². The first-order chi connectivity index (χ1) is 15.0. The number of oxime groups is 1. The fourth-order valence-corrected chi connectivity index (χ4v) is 3.36. The number of furan rings is 1. The van der Waals surface area contributed by atoms with Crippen LogP contribution >= 0.6 is 23.2 Å². The molecule has 0 fully saturated rings. The lowest BCUT2D eigenvalue weighted by atomic mass is 10.1. The molecule has 0 amide bonds. The van der Waals surface area contributed by atoms with Crippen molar-refractivity contribution < 1.29 is 18.8 Å². The molecule has 0 radical (unpaired) electrons. The van der Waals surface area contributed by atoms with Crippen molar-refractivity contribution in [2.24, 2.45) is 10.9 Å². The van der Waals surface area contributed by atoms with Crippen LogP contribution in [0.3, 0.4) is 0 Å². The number of hydrogen-bond acceptors (Lipinski definition) is 5. The number of carbonyl (C=O) groups excluding carboxylic acids is 1. The Kier molecular flexibility index (Phi) is 6.11. The first-order valence-electron chi connectivity index (χ1n) is 9.20. The highest BCUT2D eigenvalue weighted by Crippen LogP contribution is 2.23. The average molecular weight is 455 g/mol. The minimum absolute atomic E-state index is 0.0316. The van der Waals surface area contributed by atoms with Gasteiger partial charge in [0.25, 0.3) is 0 Å². The first kappa shape index (κ1) is 20.8. The zero-order valence-electron chi connectivity index (χ0n) is 16.0. The summed E-state index contributed by atoms with van der Waals surface area (Å²) in [5.74, 6) is 0.247. The Hall–Kier alpha value is -3.48. The molecule has 1 aromatic heterocycles. The van der Waals surface area contributed by atoms with E-state index in [1.165, 1.54) is 12.1 Å². The van der Waals surface area contributed by atoms with E-state index in [-0.39, 0.29) is 23.2 Å². The van der Waals surface area contributed by atoms with Crippen LogP contribution in [0.2, 0.25) is 10.0 Å². The molecule has 1 heterocycles. The van der Waals surface area contributed by atoms with Crippen LogP contribution < -0.4 is 10.5 Å². The van der Waals surface area contributed by atoms with Gasteiger partial charge in [0.1, 0.15) is 18.1 Å². The largest absolute Gasteiger partial charge is 0.486 e. The molecule has 4 aromatic rings. The average Bonchev–Trinajstić information content (AvgIpc) is 3.25. The van der Waals surface area contributed by atoms with Crippen molar-refractivity contribution in [1.82, 2.24) is 0 Å². The van der Waals surface area contributed by atoms with Gasteiger partial charge in [0.2, 0.25) is 5.76 Å². The molecule has 0 aliphatic rings. The summed E-state index contributed by atoms with van der Waals surface area (Å²) in [7, 11) is 0. The van der Waals surface area contributed by atoms with E-state index in [4.69, 9.17) is 42.9 Å². The number of amidine groups is 1. The fourth-order valence-electron chi connectivity index (χ4n) is 2.86. The molecule has 0 atom stereocenters. The fraction of sp³-hybridized carbons (Fsp3) is 0.0435. The van der Waals surface area contributed by atoms with Gasteiger partial charge in [-0.3, -0.25) is 0 Å². The van der Waals surface area contributed by atoms with E-state index in [2.05, 4.69) is 5.16 Å². The Bertz CT molecular complexity index is 1280. The summed E-state index contributed by atoms with van der Waals surface area (Å²) in [5, 5.41) is 6.55. The molecule has 6 nitrogen and oxygen atoms in total. The lowest BCUT2D eigenvalue weighted by Crippen LogP contribution is -2.15. The summed E-state index contributed by atoms with van der Waals surface area (Å²) in [6, 6.07) is 21.6. The quantitative estimate of drug-likeness (QED) is 0.172. The third kappa shape index (κ3) is 4.99. The summed E-state index contributed by atoms with van der Waals surface area (Å²) in [6.45, 7) is 0.150. The number of halogens is 2. The van der Waals surface area contributed by atoms with E-state index in [0.29, 0.717) is 22.1 Å². The third-order valence-corrected chi connectivity index (χ3v) is 4.95. The van der Waals surface area contributed by atoms with Gasteiger partial charge in [-0.05, 0) is 53.2 Å². The van der Waals surface area contributed by atoms with Gasteiger partial charge in [0.15, 0.2) is 5.84 Å². The van der Waals surface area contributed by atoms with Gasteiger partial charge in [-0.2, -0.15) is 0 Å². The van der Waals surface area contributed by atoms with Crippen LogP contribution in [0.1, 0.15) is 21.9 Å². The van der Waals surface area contributed by atoms with Crippen LogP contribution in [0.15, 0.2) is 82.4 Å². The summed E-state index contributed by atoms with van der Waals surface area (Å²) >= 11 is 11.9. The second-order valence-electron chi connectivity index (χ2n) is 6.54. The molecule has 0 bridgehead atoms. The molecule has 0 aliphatic heterocycles. The molecule has 4 rings (SSSR count). The molecular formula is C23H16Cl2N2O4. The van der Waals surface area contributed by atoms with Crippen molar-refractivity contribution in [2.75, 3.05) is 0 Å². The van der Waals surface area contributed by atoms with Crippen molar-refractivity contribution in [3.63, 3.8) is 0 Å². The zero-order chi connectivity index (χ0) is 21.8. The molecule has 2 N–H and O–H groups in total. The van der Waals surface area contributed by atoms with Gasteiger partial charge in [-0.25, -0.2) is 4.79 Å². The van der Waals surface area contributed by atoms with E-state index >= 15 is 0 Å². The maximum Gasteiger partial charge on any atom is 0.400 e. The molecule has 0 aliphatic carbocycles. The highest BCUT2D eigenvalue weighted by molar-refractivity contribution is 6.36. The Morgan fingerprint density at radius 3 is 2.58 bits per heavy atom. The van der Waals surface area contributed by atoms with E-state index < -0.39 is 5.97 Å². The number of nitrogens with two attached hydrogens (primary N) is 1. The Labute approximate surface area is 187 Å². The van der Waals surface area contributed by atoms with Crippen LogP contribution in [0, 0.1) is 0 Å². The molecule has 0 spiro atoms. The number of ether oxygens (including phenoxy) is 1. The van der Waals surface area contributed by atoms with Crippen LogP contribution in [0.25, 0.3) is 10.8 Å². The monoisotopic (exact) mass is 454 g/mol. The minimum Gasteiger partial charge on any atom is -0.486 e. The highest BCUT2D eigenvalue weighted by atomic mass is 35.5. The highest BCUT2D eigenvalue weighted by Gasteiger charge is 2.15. The smallest absolute Gasteiger partial charge is 0.400 e. The minimum atomic E-state index is -0.801. The van der Waals surface area contributed by atoms with Gasteiger partial charge in [0, 0.05) is 10.6 Å². The number of carbonyl (C=O) groups is 1. The molecule has 0 saturated carbocycles. The van der Waals surface area contributed by atoms with E-state index in [1.807, 2.05) is 42.5 Å². The predicted octanol–water partition coefficient (Wildman–Crippen LogP) is 5.80. The number of hydrogen-bond donors (Lipinski definition) is 1. The Morgan fingerprint density at radius 2 is 1.77 bits per heavy atom. The molecule has 156 valence electrons. The normalized spacial score (nSPS) is 11.5. The summed E-state index contributed by atoms with van der Waals surface area (Å²) in [5.41, 5.74) is 6.22. The molecule has 31 heavy (non-hydrogen) atoms. The number of nitrogens with zero attached hydrogens (tertiary/aromatic N) is 1. The molecular weight excluding hydrogens is 439 g/mol. The standard InChI is InChI=1S/C23H16Cl2N2O4/c24-16-6-9-19(20(25)12-16)22(26)27-31-23(28)21-10-8-18(30-21)13-29-17-7-5-14-3-1-2-4-15(14)11-17/h1-12H,13H2,(H2,26,27). The zero-order valence-corrected chi connectivity index (χ0v) is 17.6. The van der Waals surface area contributed by atoms with Crippen molar-refractivity contribution in [3.8, 4) is 5.75 Å². The SMILES string of the molecule is N/C(=N\OC(=O)c1ccc(COc2ccc3ccccc3c2)o1)c1ccc(Cl)cc1Cl. The van der Waals surface area contributed by atoms with Crippen LogP contribution in [-0.4, -0.2) is 11.8 Å². The molecule has 0 unspecified atom stereocenters. The van der Waals surface area contributed by atoms with Crippen molar-refractivity contribution in [3.05, 3.63) is 99.9 Å². The summed E-state index contributed by atoms with van der Waals surface area (Å²) < 4.78 is 11.2. The Balaban J connectivity index is 1.37. The van der Waals surface area contributed by atoms with E-state index in [0.717, 1.165) is 10.8 Å². The number of benzene rings is 3. The van der Waals surface area contributed by atoms with E-state index in [1.54, 1.807) is 18.2 Å². The maximum absolute atomic E-state index is 12.2. The maximum atomic E-state index is 12.2. The number of fused-ring (bicyclic) bond motifs is 1. The first-order valence-corrected chi connectivity index (χ1v) is 9.96. The van der Waals surface area contributed by atoms with Gasteiger partial charge in [0.05, 0.1) is 5.02 Å². The third-order valence-electron chi connectivity index (χ3n) is 4.40. The molecule has 3 aromatic carbocycles. The van der Waals surface area contributed by atoms with E-state index in [9.17, 15) is 4.79 Å². The second-order valence-corrected chi connectivity index (χ2v) is 7.39. The predicted molar refractivity (Wildman–Crippen MR) is 120 cm³/mol. The second kappa shape index (κ2) is 9.12. The van der Waals surface area contributed by atoms with Gasteiger partial charge in [-0.1, -0.05) is 58.7 Å². The molecule has 0 saturated heterocycles. The Morgan fingerprint density at radius 1 is 0.968 bits per heavy atom. The lowest BCUT2D eigenvalue weighted by molar-refractivity contribution is 0.0475. The summed E-state index contributed by atoms with van der Waals surface area (Å²) in [6.07, 6.45) is 0. The van der Waals surface area contributed by atoms with Crippen molar-refractivity contribution in [1.29, 1.82) is 0 Å². The van der Waals surface area contributed by atoms with Gasteiger partial charge < -0.3 is 19.7 Å². The van der Waals surface area contributed by atoms with Crippen molar-refractivity contribution in [2.45, 2.75) is 6.61 Å². The van der Waals surface area contributed by atoms with Crippen LogP contribution in [-0.2, 0) is 11.4 Å². The lowest BCUT2D eigenvalue weighted by Gasteiger charge is -2.05. The van der Waals surface area contributed by atoms with Crippen LogP contribution in [0.5, 0.6) is 5.75 Å². The van der Waals surface area contributed by atoms with Crippen LogP contribution in [0.4, 0.5) is 0 Å². The number of rotatable bonds is 6. The van der Waals surface area contributed by atoms with Gasteiger partial charge >= 0.3 is 5.97 Å².